The molecule has 1 aromatic carbocycles. The van der Waals surface area contributed by atoms with Crippen molar-refractivity contribution in [3.05, 3.63) is 17.7 Å². The van der Waals surface area contributed by atoms with Crippen LogP contribution in [0.15, 0.2) is 12.1 Å². The van der Waals surface area contributed by atoms with Gasteiger partial charge in [-0.25, -0.2) is 0 Å². The summed E-state index contributed by atoms with van der Waals surface area (Å²) in [7, 11) is 4.23. The van der Waals surface area contributed by atoms with Crippen molar-refractivity contribution in [1.29, 1.82) is 0 Å². The van der Waals surface area contributed by atoms with E-state index in [2.05, 4.69) is 51.9 Å². The fourth-order valence-corrected chi connectivity index (χ4v) is 2.70. The number of ether oxygens (including phenoxy) is 3. The Balaban J connectivity index is 3.01. The minimum absolute atomic E-state index is 0.699. The normalized spacial score (nSPS) is 11.0. The summed E-state index contributed by atoms with van der Waals surface area (Å²) in [6.07, 6.45) is 8.61. The molecule has 0 atom stereocenters. The van der Waals surface area contributed by atoms with E-state index < -0.39 is 0 Å². The highest BCUT2D eigenvalue weighted by atomic mass is 16.5. The average Bonchev–Trinajstić information content (AvgIpc) is 2.64. The van der Waals surface area contributed by atoms with Gasteiger partial charge in [-0.3, -0.25) is 0 Å². The Bertz CT molecular complexity index is 471. The van der Waals surface area contributed by atoms with E-state index in [0.717, 1.165) is 88.4 Å². The van der Waals surface area contributed by atoms with Gasteiger partial charge in [0.2, 0.25) is 5.75 Å². The van der Waals surface area contributed by atoms with Crippen molar-refractivity contribution < 1.29 is 14.2 Å². The number of rotatable bonds is 16. The van der Waals surface area contributed by atoms with Crippen molar-refractivity contribution in [2.75, 3.05) is 40.5 Å². The van der Waals surface area contributed by atoms with Gasteiger partial charge in [0.25, 0.3) is 0 Å². The zero-order chi connectivity index (χ0) is 19.9. The highest BCUT2D eigenvalue weighted by Crippen LogP contribution is 2.40. The first kappa shape index (κ1) is 23.6. The van der Waals surface area contributed by atoms with Crippen LogP contribution in [0, 0.1) is 0 Å². The fraction of sp³-hybridized carbons (Fsp3) is 0.739. The zero-order valence-electron chi connectivity index (χ0n) is 18.3. The summed E-state index contributed by atoms with van der Waals surface area (Å²) in [5.41, 5.74) is 1.26. The minimum atomic E-state index is 0.699. The van der Waals surface area contributed by atoms with Crippen molar-refractivity contribution in [1.82, 2.24) is 4.90 Å². The van der Waals surface area contributed by atoms with Gasteiger partial charge in [-0.2, -0.15) is 0 Å². The molecular weight excluding hydrogens is 338 g/mol. The van der Waals surface area contributed by atoms with Gasteiger partial charge in [-0.05, 0) is 70.4 Å². The SMILES string of the molecule is CCCCOc1cc(CCCN(C)C)cc(OCCCC)c1OCCCC. The summed E-state index contributed by atoms with van der Waals surface area (Å²) < 4.78 is 18.3. The third-order valence-corrected chi connectivity index (χ3v) is 4.41. The Hall–Kier alpha value is -1.42. The van der Waals surface area contributed by atoms with E-state index in [1.165, 1.54) is 5.56 Å². The third-order valence-electron chi connectivity index (χ3n) is 4.41. The Morgan fingerprint density at radius 3 is 1.63 bits per heavy atom. The molecule has 0 aliphatic rings. The van der Waals surface area contributed by atoms with Crippen LogP contribution in [0.5, 0.6) is 17.2 Å². The van der Waals surface area contributed by atoms with E-state index in [1.54, 1.807) is 0 Å². The average molecular weight is 380 g/mol. The number of hydrogen-bond donors (Lipinski definition) is 0. The van der Waals surface area contributed by atoms with E-state index in [-0.39, 0.29) is 0 Å². The molecule has 0 heterocycles. The highest BCUT2D eigenvalue weighted by molar-refractivity contribution is 5.54. The predicted octanol–water partition coefficient (Wildman–Crippen LogP) is 5.72. The molecule has 0 aromatic heterocycles. The first-order valence-electron chi connectivity index (χ1n) is 10.8. The lowest BCUT2D eigenvalue weighted by atomic mass is 10.1. The van der Waals surface area contributed by atoms with Crippen molar-refractivity contribution in [2.45, 2.75) is 72.1 Å². The molecule has 0 unspecified atom stereocenters. The molecule has 0 amide bonds. The van der Waals surface area contributed by atoms with E-state index >= 15 is 0 Å². The number of aryl methyl sites for hydroxylation is 1. The number of hydrogen-bond acceptors (Lipinski definition) is 4. The lowest BCUT2D eigenvalue weighted by Gasteiger charge is -2.19. The monoisotopic (exact) mass is 379 g/mol. The second kappa shape index (κ2) is 14.6. The summed E-state index contributed by atoms with van der Waals surface area (Å²) in [6.45, 7) is 9.75. The molecule has 0 saturated heterocycles. The van der Waals surface area contributed by atoms with Gasteiger partial charge < -0.3 is 19.1 Å². The van der Waals surface area contributed by atoms with Crippen LogP contribution >= 0.6 is 0 Å². The van der Waals surface area contributed by atoms with Crippen LogP contribution in [0.1, 0.15) is 71.3 Å². The van der Waals surface area contributed by atoms with E-state index in [4.69, 9.17) is 14.2 Å². The zero-order valence-corrected chi connectivity index (χ0v) is 18.3. The van der Waals surface area contributed by atoms with Gasteiger partial charge in [-0.1, -0.05) is 40.0 Å². The van der Waals surface area contributed by atoms with Gasteiger partial charge >= 0.3 is 0 Å². The van der Waals surface area contributed by atoms with Gasteiger partial charge in [0, 0.05) is 0 Å². The Kier molecular flexibility index (Phi) is 12.8. The molecule has 0 aliphatic heterocycles. The topological polar surface area (TPSA) is 30.9 Å². The Morgan fingerprint density at radius 1 is 0.704 bits per heavy atom. The lowest BCUT2D eigenvalue weighted by molar-refractivity contribution is 0.236. The first-order valence-corrected chi connectivity index (χ1v) is 10.8. The summed E-state index contributed by atoms with van der Waals surface area (Å²) in [4.78, 5) is 2.22. The number of nitrogens with zero attached hydrogens (tertiary/aromatic N) is 1. The van der Waals surface area contributed by atoms with E-state index in [9.17, 15) is 0 Å². The van der Waals surface area contributed by atoms with Crippen LogP contribution in [0.4, 0.5) is 0 Å². The maximum Gasteiger partial charge on any atom is 0.203 e. The standard InChI is InChI=1S/C23H41NO3/c1-6-9-15-25-21-18-20(13-12-14-24(4)5)19-22(26-16-10-7-2)23(21)27-17-11-8-3/h18-19H,6-17H2,1-5H3. The maximum absolute atomic E-state index is 6.11. The molecule has 4 heteroatoms. The molecule has 27 heavy (non-hydrogen) atoms. The molecule has 0 bridgehead atoms. The molecule has 1 rings (SSSR count). The molecule has 0 fully saturated rings. The highest BCUT2D eigenvalue weighted by Gasteiger charge is 2.16. The Morgan fingerprint density at radius 2 is 1.19 bits per heavy atom. The van der Waals surface area contributed by atoms with Crippen LogP contribution in [-0.4, -0.2) is 45.4 Å². The van der Waals surface area contributed by atoms with Crippen LogP contribution in [0.3, 0.4) is 0 Å². The molecule has 0 radical (unpaired) electrons. The van der Waals surface area contributed by atoms with Crippen molar-refractivity contribution in [2.24, 2.45) is 0 Å². The first-order chi connectivity index (χ1) is 13.1. The summed E-state index contributed by atoms with van der Waals surface area (Å²) in [5.74, 6) is 2.47. The van der Waals surface area contributed by atoms with Crippen LogP contribution in [0.25, 0.3) is 0 Å². The molecular formula is C23H41NO3. The van der Waals surface area contributed by atoms with Crippen molar-refractivity contribution >= 4 is 0 Å². The van der Waals surface area contributed by atoms with Crippen LogP contribution in [-0.2, 0) is 6.42 Å². The molecule has 0 spiro atoms. The van der Waals surface area contributed by atoms with Crippen LogP contribution in [0.2, 0.25) is 0 Å². The predicted molar refractivity (Wildman–Crippen MR) is 115 cm³/mol. The molecule has 0 aliphatic carbocycles. The second-order valence-corrected chi connectivity index (χ2v) is 7.43. The molecule has 0 saturated carbocycles. The third kappa shape index (κ3) is 9.90. The Labute approximate surface area is 167 Å². The van der Waals surface area contributed by atoms with Crippen molar-refractivity contribution in [3.63, 3.8) is 0 Å². The van der Waals surface area contributed by atoms with E-state index in [1.807, 2.05) is 0 Å². The summed E-state index contributed by atoms with van der Waals surface area (Å²) in [5, 5.41) is 0. The number of benzene rings is 1. The largest absolute Gasteiger partial charge is 0.490 e. The fourth-order valence-electron chi connectivity index (χ4n) is 2.70. The molecule has 0 N–H and O–H groups in total. The lowest BCUT2D eigenvalue weighted by Crippen LogP contribution is -2.13. The number of unbranched alkanes of at least 4 members (excludes halogenated alkanes) is 3. The summed E-state index contributed by atoms with van der Waals surface area (Å²) >= 11 is 0. The minimum Gasteiger partial charge on any atom is -0.490 e. The van der Waals surface area contributed by atoms with Gasteiger partial charge in [-0.15, -0.1) is 0 Å². The van der Waals surface area contributed by atoms with Gasteiger partial charge in [0.1, 0.15) is 0 Å². The van der Waals surface area contributed by atoms with Gasteiger partial charge in [0.05, 0.1) is 19.8 Å². The second-order valence-electron chi connectivity index (χ2n) is 7.43. The van der Waals surface area contributed by atoms with Crippen molar-refractivity contribution in [3.8, 4) is 17.2 Å². The molecule has 156 valence electrons. The van der Waals surface area contributed by atoms with Crippen LogP contribution < -0.4 is 14.2 Å². The molecule has 1 aromatic rings. The quantitative estimate of drug-likeness (QED) is 0.344. The maximum atomic E-state index is 6.11. The summed E-state index contributed by atoms with van der Waals surface area (Å²) in [6, 6.07) is 4.30. The van der Waals surface area contributed by atoms with Gasteiger partial charge in [0.15, 0.2) is 11.5 Å². The van der Waals surface area contributed by atoms with E-state index in [0.29, 0.717) is 6.61 Å². The smallest absolute Gasteiger partial charge is 0.203 e. The molecule has 4 nitrogen and oxygen atoms in total.